The molecule has 7 aliphatic rings. The summed E-state index contributed by atoms with van der Waals surface area (Å²) in [5, 5.41) is 27.3. The summed E-state index contributed by atoms with van der Waals surface area (Å²) in [6, 6.07) is 0.0581. The maximum absolute atomic E-state index is 14.4. The van der Waals surface area contributed by atoms with Crippen molar-refractivity contribution in [1.82, 2.24) is 5.32 Å². The summed E-state index contributed by atoms with van der Waals surface area (Å²) in [6.07, 6.45) is 10.8. The van der Waals surface area contributed by atoms with Gasteiger partial charge >= 0.3 is 5.97 Å². The molecule has 0 amide bonds. The Bertz CT molecular complexity index is 1770. The number of hydrogen-bond acceptors (Lipinski definition) is 14. The van der Waals surface area contributed by atoms with Gasteiger partial charge in [0.2, 0.25) is 0 Å². The number of aliphatic hydroxyl groups excluding tert-OH is 1. The highest BCUT2D eigenvalue weighted by atomic mass is 16.7. The topological polar surface area (TPSA) is 162 Å². The van der Waals surface area contributed by atoms with Crippen LogP contribution in [0.15, 0.2) is 59.3 Å². The number of carbonyl (C=O) groups excluding carboxylic acids is 1. The molecule has 0 unspecified atom stereocenters. The van der Waals surface area contributed by atoms with Crippen LogP contribution in [0.3, 0.4) is 0 Å². The molecule has 360 valence electrons. The van der Waals surface area contributed by atoms with E-state index in [-0.39, 0.29) is 67.0 Å². The van der Waals surface area contributed by atoms with Crippen LogP contribution < -0.4 is 5.32 Å². The Labute approximate surface area is 381 Å². The predicted octanol–water partition coefficient (Wildman–Crippen LogP) is 5.99. The lowest BCUT2D eigenvalue weighted by atomic mass is 9.71. The fourth-order valence-corrected chi connectivity index (χ4v) is 11.1. The summed E-state index contributed by atoms with van der Waals surface area (Å²) in [5.41, 5.74) is 0.181. The van der Waals surface area contributed by atoms with Gasteiger partial charge in [-0.1, -0.05) is 77.5 Å². The monoisotopic (exact) mass is 900 g/mol. The van der Waals surface area contributed by atoms with Crippen molar-refractivity contribution in [2.75, 3.05) is 27.4 Å². The third-order valence-corrected chi connectivity index (χ3v) is 15.0. The first kappa shape index (κ1) is 49.6. The summed E-state index contributed by atoms with van der Waals surface area (Å²) >= 11 is 0. The first-order valence-electron chi connectivity index (χ1n) is 24.0. The molecule has 3 N–H and O–H groups in total. The molecule has 20 atom stereocenters. The lowest BCUT2D eigenvalue weighted by molar-refractivity contribution is -0.312. The molecule has 0 aromatic carbocycles. The third-order valence-electron chi connectivity index (χ3n) is 15.0. The second kappa shape index (κ2) is 20.9. The van der Waals surface area contributed by atoms with Gasteiger partial charge in [-0.05, 0) is 69.4 Å². The largest absolute Gasteiger partial charge is 0.462 e. The number of esters is 1. The maximum atomic E-state index is 14.4. The molecule has 4 saturated heterocycles. The van der Waals surface area contributed by atoms with Crippen molar-refractivity contribution in [3.63, 3.8) is 0 Å². The molecule has 6 aliphatic heterocycles. The van der Waals surface area contributed by atoms with Crippen LogP contribution >= 0.6 is 0 Å². The Hall–Kier alpha value is -2.31. The lowest BCUT2D eigenvalue weighted by Crippen LogP contribution is -2.58. The molecule has 7 rings (SSSR count). The predicted molar refractivity (Wildman–Crippen MR) is 239 cm³/mol. The quantitative estimate of drug-likeness (QED) is 0.173. The first-order chi connectivity index (χ1) is 30.5. The van der Waals surface area contributed by atoms with E-state index in [0.29, 0.717) is 43.3 Å². The lowest BCUT2D eigenvalue weighted by Gasteiger charge is -2.48. The van der Waals surface area contributed by atoms with E-state index in [1.54, 1.807) is 33.3 Å². The van der Waals surface area contributed by atoms with Gasteiger partial charge in [0.05, 0.1) is 55.4 Å². The molecule has 1 spiro atoms. The summed E-state index contributed by atoms with van der Waals surface area (Å²) < 4.78 is 64.8. The molecule has 6 heterocycles. The molecule has 0 radical (unpaired) electrons. The zero-order chi connectivity index (χ0) is 46.1. The number of likely N-dealkylation sites (N-methyl/N-ethyl adjacent to an activating group) is 1. The number of carbonyl (C=O) groups is 1. The van der Waals surface area contributed by atoms with Crippen LogP contribution in [0.1, 0.15) is 101 Å². The first-order valence-corrected chi connectivity index (χ1v) is 24.0. The van der Waals surface area contributed by atoms with E-state index >= 15 is 0 Å². The van der Waals surface area contributed by atoms with Crippen LogP contribution in [0.25, 0.3) is 0 Å². The van der Waals surface area contributed by atoms with Gasteiger partial charge in [-0.3, -0.25) is 4.79 Å². The highest BCUT2D eigenvalue weighted by molar-refractivity contribution is 5.78. The number of fused-ring (bicyclic) bond motifs is 2. The van der Waals surface area contributed by atoms with Gasteiger partial charge in [0.15, 0.2) is 18.4 Å². The minimum absolute atomic E-state index is 0.0412. The zero-order valence-electron chi connectivity index (χ0n) is 40.0. The normalized spacial score (nSPS) is 48.0. The number of ether oxygens (including phenoxy) is 10. The van der Waals surface area contributed by atoms with Crippen LogP contribution in [-0.4, -0.2) is 141 Å². The molecule has 1 aliphatic carbocycles. The average molecular weight is 900 g/mol. The van der Waals surface area contributed by atoms with E-state index in [0.717, 1.165) is 18.5 Å². The van der Waals surface area contributed by atoms with Crippen molar-refractivity contribution in [1.29, 1.82) is 0 Å². The Kier molecular flexibility index (Phi) is 16.2. The second-order valence-electron chi connectivity index (χ2n) is 19.5. The number of hydrogen-bond donors (Lipinski definition) is 3. The second-order valence-corrected chi connectivity index (χ2v) is 19.5. The third kappa shape index (κ3) is 10.2. The van der Waals surface area contributed by atoms with Gasteiger partial charge < -0.3 is 62.9 Å². The minimum atomic E-state index is -1.83. The smallest absolute Gasteiger partial charge is 0.316 e. The molecular formula is C50H77NO13. The number of allylic oxidation sites excluding steroid dienone is 2. The number of aliphatic hydroxyl groups is 2. The van der Waals surface area contributed by atoms with Crippen LogP contribution in [0.2, 0.25) is 0 Å². The van der Waals surface area contributed by atoms with Gasteiger partial charge in [-0.15, -0.1) is 0 Å². The summed E-state index contributed by atoms with van der Waals surface area (Å²) in [6.45, 7) is 19.3. The van der Waals surface area contributed by atoms with Gasteiger partial charge in [-0.25, -0.2) is 0 Å². The van der Waals surface area contributed by atoms with Crippen LogP contribution in [0.5, 0.6) is 0 Å². The molecule has 14 heteroatoms. The summed E-state index contributed by atoms with van der Waals surface area (Å²) in [7, 11) is 3.41. The summed E-state index contributed by atoms with van der Waals surface area (Å²) in [5.74, 6) is -2.51. The van der Waals surface area contributed by atoms with Gasteiger partial charge in [0, 0.05) is 51.7 Å². The van der Waals surface area contributed by atoms with E-state index in [4.69, 9.17) is 47.4 Å². The van der Waals surface area contributed by atoms with Crippen molar-refractivity contribution in [3.05, 3.63) is 59.3 Å². The Morgan fingerprint density at radius 1 is 0.906 bits per heavy atom. The SMILES string of the molecule is CCN[C@H]1[C@@H](C)O[C@H](O[C@H]2[C@H](C)O[C@@H](O[C@@H]3/C(C)=C/C[C@@H]4C[C@@H](C[C@]5(C=C[C@H](C)[C@@H]([C@@H](C)CC)O5)O4)OC(=O)[C@@H]4C=C(C)[C@@H](O)[C@H]5OC/C(=C\C=C\[C@@H]3C)[C@]54O)C[C@@H]2OC)C[C@H]1OC. The fourth-order valence-electron chi connectivity index (χ4n) is 11.1. The van der Waals surface area contributed by atoms with Gasteiger partial charge in [0.1, 0.15) is 35.9 Å². The van der Waals surface area contributed by atoms with Crippen molar-refractivity contribution in [2.45, 2.75) is 198 Å². The van der Waals surface area contributed by atoms with Crippen molar-refractivity contribution in [2.24, 2.45) is 23.7 Å². The van der Waals surface area contributed by atoms with Gasteiger partial charge in [0.25, 0.3) is 0 Å². The van der Waals surface area contributed by atoms with Crippen molar-refractivity contribution in [3.8, 4) is 0 Å². The van der Waals surface area contributed by atoms with Crippen molar-refractivity contribution >= 4 is 5.97 Å². The highest BCUT2D eigenvalue weighted by Crippen LogP contribution is 2.47. The highest BCUT2D eigenvalue weighted by Gasteiger charge is 2.60. The molecule has 4 fully saturated rings. The van der Waals surface area contributed by atoms with E-state index in [1.165, 1.54) is 0 Å². The number of methoxy groups -OCH3 is 2. The number of nitrogens with one attached hydrogen (secondary N) is 1. The van der Waals surface area contributed by atoms with E-state index in [2.05, 4.69) is 59.0 Å². The van der Waals surface area contributed by atoms with Crippen LogP contribution in [0, 0.1) is 23.7 Å². The minimum Gasteiger partial charge on any atom is -0.462 e. The molecule has 0 aromatic rings. The zero-order valence-corrected chi connectivity index (χ0v) is 40.0. The van der Waals surface area contributed by atoms with E-state index in [1.807, 2.05) is 32.1 Å². The van der Waals surface area contributed by atoms with Crippen LogP contribution in [0.4, 0.5) is 0 Å². The summed E-state index contributed by atoms with van der Waals surface area (Å²) in [4.78, 5) is 14.4. The van der Waals surface area contributed by atoms with E-state index in [9.17, 15) is 15.0 Å². The fraction of sp³-hybridized carbons (Fsp3) is 0.780. The van der Waals surface area contributed by atoms with Gasteiger partial charge in [-0.2, -0.15) is 0 Å². The number of rotatable bonds is 10. The maximum Gasteiger partial charge on any atom is 0.316 e. The Morgan fingerprint density at radius 3 is 2.34 bits per heavy atom. The standard InChI is InChI=1S/C50H77NO13/c1-12-27(3)45-30(6)19-20-49(64-45)25-36-22-35(63-49)18-17-29(5)44(28(4)15-14-16-34-26-57-47-43(52)31(7)21-37(48(53)60-36)50(34,47)54)61-41-24-39(56-11)46(33(9)59-41)62-40-23-38(55-10)42(51-13-2)32(8)58-40/h14-17,19-21,27-28,30,32-33,35-47,51-52,54H,12-13,18,22-26H2,1-11H3/b15-14+,29-17+,34-16+/t27-,28-,30-,32+,33-,35+,36-,37-,38+,39-,40+,41-,42-,43+,44-,45+,46-,47+,49+,50+/m0/s1. The molecule has 14 nitrogen and oxygen atoms in total. The molecule has 0 aromatic heterocycles. The average Bonchev–Trinajstić information content (AvgIpc) is 3.61. The molecule has 2 bridgehead atoms. The van der Waals surface area contributed by atoms with Crippen molar-refractivity contribution < 1.29 is 62.4 Å². The Balaban J connectivity index is 1.17. The van der Waals surface area contributed by atoms with Crippen LogP contribution in [-0.2, 0) is 52.2 Å². The van der Waals surface area contributed by atoms with E-state index < -0.39 is 66.4 Å². The molecule has 0 saturated carbocycles. The molecule has 64 heavy (non-hydrogen) atoms. The molecular weight excluding hydrogens is 823 g/mol. The Morgan fingerprint density at radius 2 is 1.62 bits per heavy atom.